The van der Waals surface area contributed by atoms with Crippen molar-refractivity contribution in [3.8, 4) is 28.1 Å². The Bertz CT molecular complexity index is 1370. The van der Waals surface area contributed by atoms with E-state index in [0.29, 0.717) is 6.61 Å². The Hall–Kier alpha value is -4.03. The summed E-state index contributed by atoms with van der Waals surface area (Å²) in [5, 5.41) is 8.49. The number of aryl methyl sites for hydroxylation is 1. The number of H-pyrrole nitrogens is 1. The van der Waals surface area contributed by atoms with Crippen LogP contribution < -0.4 is 10.5 Å². The van der Waals surface area contributed by atoms with Crippen molar-refractivity contribution in [3.05, 3.63) is 96.6 Å². The van der Waals surface area contributed by atoms with Gasteiger partial charge in [0.1, 0.15) is 12.4 Å². The number of rotatable bonds is 7. The average Bonchev–Trinajstić information content (AvgIpc) is 3.23. The van der Waals surface area contributed by atoms with Crippen LogP contribution in [0.2, 0.25) is 0 Å². The van der Waals surface area contributed by atoms with E-state index in [-0.39, 0.29) is 6.04 Å². The van der Waals surface area contributed by atoms with Crippen LogP contribution in [0.5, 0.6) is 5.75 Å². The van der Waals surface area contributed by atoms with Gasteiger partial charge in [-0.25, -0.2) is 0 Å². The van der Waals surface area contributed by atoms with Gasteiger partial charge in [-0.1, -0.05) is 36.4 Å². The lowest BCUT2D eigenvalue weighted by atomic mass is 9.97. The maximum absolute atomic E-state index is 6.41. The van der Waals surface area contributed by atoms with Crippen molar-refractivity contribution in [1.82, 2.24) is 20.2 Å². The van der Waals surface area contributed by atoms with E-state index in [2.05, 4.69) is 39.4 Å². The van der Waals surface area contributed by atoms with E-state index in [9.17, 15) is 0 Å². The SMILES string of the molecule is Cc1[nH]nc2ccc(-c3c(OC[C@@H](N)Cc4ccccc4)ccnc3-c3ccncc3)cc12. The molecule has 0 aliphatic carbocycles. The Balaban J connectivity index is 1.52. The summed E-state index contributed by atoms with van der Waals surface area (Å²) in [6.45, 7) is 2.42. The lowest BCUT2D eigenvalue weighted by Gasteiger charge is -2.18. The second-order valence-corrected chi connectivity index (χ2v) is 8.11. The molecule has 0 amide bonds. The van der Waals surface area contributed by atoms with Crippen LogP contribution in [-0.4, -0.2) is 32.8 Å². The van der Waals surface area contributed by atoms with Crippen molar-refractivity contribution < 1.29 is 4.74 Å². The highest BCUT2D eigenvalue weighted by molar-refractivity contribution is 5.91. The fourth-order valence-electron chi connectivity index (χ4n) is 4.04. The van der Waals surface area contributed by atoms with Crippen LogP contribution in [0.1, 0.15) is 11.3 Å². The average molecular weight is 436 g/mol. The topological polar surface area (TPSA) is 89.7 Å². The molecule has 0 fully saturated rings. The number of aromatic amines is 1. The second-order valence-electron chi connectivity index (χ2n) is 8.11. The van der Waals surface area contributed by atoms with Gasteiger partial charge in [-0.3, -0.25) is 15.1 Å². The molecule has 3 heterocycles. The molecule has 33 heavy (non-hydrogen) atoms. The third kappa shape index (κ3) is 4.47. The summed E-state index contributed by atoms with van der Waals surface area (Å²) in [4.78, 5) is 8.86. The monoisotopic (exact) mass is 435 g/mol. The first-order valence-corrected chi connectivity index (χ1v) is 11.0. The zero-order chi connectivity index (χ0) is 22.6. The first kappa shape index (κ1) is 20.8. The molecule has 3 aromatic heterocycles. The highest BCUT2D eigenvalue weighted by Gasteiger charge is 2.17. The van der Waals surface area contributed by atoms with Crippen LogP contribution in [0.3, 0.4) is 0 Å². The number of benzene rings is 2. The van der Waals surface area contributed by atoms with Gasteiger partial charge in [0.2, 0.25) is 0 Å². The fourth-order valence-corrected chi connectivity index (χ4v) is 4.04. The predicted octanol–water partition coefficient (Wildman–Crippen LogP) is 4.94. The minimum atomic E-state index is -0.128. The Morgan fingerprint density at radius 3 is 2.58 bits per heavy atom. The molecular weight excluding hydrogens is 410 g/mol. The van der Waals surface area contributed by atoms with Crippen molar-refractivity contribution in [2.75, 3.05) is 6.61 Å². The quantitative estimate of drug-likeness (QED) is 0.378. The van der Waals surface area contributed by atoms with Crippen LogP contribution >= 0.6 is 0 Å². The molecule has 0 saturated carbocycles. The van der Waals surface area contributed by atoms with E-state index in [1.165, 1.54) is 5.56 Å². The minimum absolute atomic E-state index is 0.128. The molecular formula is C27H25N5O. The van der Waals surface area contributed by atoms with Crippen molar-refractivity contribution >= 4 is 10.9 Å². The summed E-state index contributed by atoms with van der Waals surface area (Å²) in [5.41, 5.74) is 13.3. The van der Waals surface area contributed by atoms with Gasteiger partial charge in [0.05, 0.1) is 16.8 Å². The number of pyridine rings is 2. The van der Waals surface area contributed by atoms with Gasteiger partial charge < -0.3 is 10.5 Å². The Morgan fingerprint density at radius 2 is 1.76 bits per heavy atom. The normalized spacial score (nSPS) is 12.1. The summed E-state index contributed by atoms with van der Waals surface area (Å²) < 4.78 is 6.31. The highest BCUT2D eigenvalue weighted by atomic mass is 16.5. The summed E-state index contributed by atoms with van der Waals surface area (Å²) >= 11 is 0. The molecule has 0 bridgehead atoms. The zero-order valence-corrected chi connectivity index (χ0v) is 18.4. The summed E-state index contributed by atoms with van der Waals surface area (Å²) in [5.74, 6) is 0.751. The standard InChI is InChI=1S/C27H25N5O/c1-18-23-16-21(7-8-24(23)32-31-18)26-25(11-14-30-27(26)20-9-12-29-13-10-20)33-17-22(28)15-19-5-3-2-4-6-19/h2-14,16,22H,15,17,28H2,1H3,(H,31,32)/t22-/m0/s1. The van der Waals surface area contributed by atoms with Gasteiger partial charge in [0.15, 0.2) is 0 Å². The number of fused-ring (bicyclic) bond motifs is 1. The van der Waals surface area contributed by atoms with Crippen molar-refractivity contribution in [1.29, 1.82) is 0 Å². The van der Waals surface area contributed by atoms with Crippen LogP contribution in [0.4, 0.5) is 0 Å². The largest absolute Gasteiger partial charge is 0.491 e. The molecule has 2 aromatic carbocycles. The molecule has 0 spiro atoms. The third-order valence-electron chi connectivity index (χ3n) is 5.69. The molecule has 5 aromatic rings. The second kappa shape index (κ2) is 9.22. The lowest BCUT2D eigenvalue weighted by molar-refractivity contribution is 0.288. The molecule has 5 rings (SSSR count). The van der Waals surface area contributed by atoms with E-state index in [4.69, 9.17) is 15.5 Å². The van der Waals surface area contributed by atoms with Crippen molar-refractivity contribution in [3.63, 3.8) is 0 Å². The molecule has 164 valence electrons. The molecule has 6 heteroatoms. The van der Waals surface area contributed by atoms with Gasteiger partial charge >= 0.3 is 0 Å². The fraction of sp³-hybridized carbons (Fsp3) is 0.148. The molecule has 0 aliphatic rings. The zero-order valence-electron chi connectivity index (χ0n) is 18.4. The predicted molar refractivity (Wildman–Crippen MR) is 131 cm³/mol. The number of hydrogen-bond acceptors (Lipinski definition) is 5. The molecule has 0 radical (unpaired) electrons. The van der Waals surface area contributed by atoms with Crippen molar-refractivity contribution in [2.24, 2.45) is 5.73 Å². The molecule has 0 unspecified atom stereocenters. The van der Waals surface area contributed by atoms with Crippen LogP contribution in [0.25, 0.3) is 33.3 Å². The van der Waals surface area contributed by atoms with Crippen LogP contribution in [-0.2, 0) is 6.42 Å². The van der Waals surface area contributed by atoms with Gasteiger partial charge in [-0.05, 0) is 54.8 Å². The van der Waals surface area contributed by atoms with Crippen LogP contribution in [0, 0.1) is 6.92 Å². The Labute approximate surface area is 192 Å². The number of aromatic nitrogens is 4. The van der Waals surface area contributed by atoms with E-state index in [1.807, 2.05) is 49.4 Å². The number of hydrogen-bond donors (Lipinski definition) is 2. The molecule has 3 N–H and O–H groups in total. The molecule has 6 nitrogen and oxygen atoms in total. The third-order valence-corrected chi connectivity index (χ3v) is 5.69. The van der Waals surface area contributed by atoms with Gasteiger partial charge in [0.25, 0.3) is 0 Å². The van der Waals surface area contributed by atoms with Gasteiger partial charge in [0, 0.05) is 41.3 Å². The lowest BCUT2D eigenvalue weighted by Crippen LogP contribution is -2.30. The first-order chi connectivity index (χ1) is 16.2. The maximum atomic E-state index is 6.41. The number of nitrogens with zero attached hydrogens (tertiary/aromatic N) is 3. The maximum Gasteiger partial charge on any atom is 0.130 e. The summed E-state index contributed by atoms with van der Waals surface area (Å²) in [6.07, 6.45) is 6.07. The molecule has 1 atom stereocenters. The number of ether oxygens (including phenoxy) is 1. The minimum Gasteiger partial charge on any atom is -0.491 e. The first-order valence-electron chi connectivity index (χ1n) is 11.0. The van der Waals surface area contributed by atoms with E-state index < -0.39 is 0 Å². The van der Waals surface area contributed by atoms with E-state index in [1.54, 1.807) is 18.6 Å². The van der Waals surface area contributed by atoms with Crippen LogP contribution in [0.15, 0.2) is 85.3 Å². The molecule has 0 aliphatic heterocycles. The smallest absolute Gasteiger partial charge is 0.130 e. The number of nitrogens with one attached hydrogen (secondary N) is 1. The van der Waals surface area contributed by atoms with E-state index >= 15 is 0 Å². The Morgan fingerprint density at radius 1 is 0.939 bits per heavy atom. The Kier molecular flexibility index (Phi) is 5.83. The molecule has 0 saturated heterocycles. The van der Waals surface area contributed by atoms with Crippen molar-refractivity contribution in [2.45, 2.75) is 19.4 Å². The summed E-state index contributed by atoms with van der Waals surface area (Å²) in [7, 11) is 0. The highest BCUT2D eigenvalue weighted by Crippen LogP contribution is 2.39. The number of nitrogens with two attached hydrogens (primary N) is 1. The van der Waals surface area contributed by atoms with E-state index in [0.717, 1.165) is 51.2 Å². The van der Waals surface area contributed by atoms with Gasteiger partial charge in [-0.2, -0.15) is 5.10 Å². The van der Waals surface area contributed by atoms with Gasteiger partial charge in [-0.15, -0.1) is 0 Å². The summed E-state index contributed by atoms with van der Waals surface area (Å²) in [6, 6.07) is 22.1.